The Hall–Kier alpha value is -0.930. The van der Waals surface area contributed by atoms with Crippen LogP contribution < -0.4 is 10.6 Å². The smallest absolute Gasteiger partial charge is 0.243 e. The predicted octanol–water partition coefficient (Wildman–Crippen LogP) is 2.36. The predicted molar refractivity (Wildman–Crippen MR) is 53.6 cm³/mol. The molecule has 0 fully saturated rings. The van der Waals surface area contributed by atoms with Gasteiger partial charge in [-0.05, 0) is 12.1 Å². The fraction of sp³-hybridized carbons (Fsp3) is 0.125. The molecule has 0 unspecified atom stereocenters. The molecule has 1 heterocycles. The molecule has 5 heteroatoms. The number of hydrogen-bond donors (Lipinski definition) is 2. The van der Waals surface area contributed by atoms with E-state index >= 15 is 0 Å². The van der Waals surface area contributed by atoms with Crippen LogP contribution in [-0.4, -0.2) is 12.5 Å². The lowest BCUT2D eigenvalue weighted by Crippen LogP contribution is -2.27. The largest absolute Gasteiger partial charge is 0.374 e. The van der Waals surface area contributed by atoms with E-state index in [0.29, 0.717) is 15.7 Å². The van der Waals surface area contributed by atoms with Gasteiger partial charge in [-0.1, -0.05) is 23.2 Å². The Morgan fingerprint density at radius 2 is 1.77 bits per heavy atom. The SMILES string of the molecule is O=C1CNc2cc(Cl)c(Cl)cc2N1. The van der Waals surface area contributed by atoms with E-state index in [1.807, 2.05) is 0 Å². The van der Waals surface area contributed by atoms with Crippen LogP contribution in [0.4, 0.5) is 11.4 Å². The van der Waals surface area contributed by atoms with Crippen molar-refractivity contribution in [3.8, 4) is 0 Å². The summed E-state index contributed by atoms with van der Waals surface area (Å²) in [5.41, 5.74) is 1.47. The van der Waals surface area contributed by atoms with Crippen molar-refractivity contribution < 1.29 is 4.79 Å². The van der Waals surface area contributed by atoms with Crippen molar-refractivity contribution in [3.63, 3.8) is 0 Å². The van der Waals surface area contributed by atoms with Crippen molar-refractivity contribution in [1.82, 2.24) is 0 Å². The Kier molecular flexibility index (Phi) is 2.06. The molecule has 0 bridgehead atoms. The van der Waals surface area contributed by atoms with E-state index in [2.05, 4.69) is 10.6 Å². The third kappa shape index (κ3) is 1.57. The van der Waals surface area contributed by atoms with E-state index in [9.17, 15) is 4.79 Å². The average molecular weight is 217 g/mol. The van der Waals surface area contributed by atoms with Crippen molar-refractivity contribution in [1.29, 1.82) is 0 Å². The second kappa shape index (κ2) is 3.09. The van der Waals surface area contributed by atoms with Gasteiger partial charge in [0, 0.05) is 0 Å². The second-order valence-corrected chi connectivity index (χ2v) is 3.53. The van der Waals surface area contributed by atoms with Crippen LogP contribution in [0.5, 0.6) is 0 Å². The van der Waals surface area contributed by atoms with Crippen LogP contribution in [0.25, 0.3) is 0 Å². The van der Waals surface area contributed by atoms with Gasteiger partial charge < -0.3 is 10.6 Å². The molecule has 1 aromatic rings. The number of rotatable bonds is 0. The molecule has 1 aliphatic rings. The molecule has 2 N–H and O–H groups in total. The zero-order valence-corrected chi connectivity index (χ0v) is 8.04. The summed E-state index contributed by atoms with van der Waals surface area (Å²) in [4.78, 5) is 11.0. The zero-order valence-electron chi connectivity index (χ0n) is 6.53. The minimum absolute atomic E-state index is 0.0779. The summed E-state index contributed by atoms with van der Waals surface area (Å²) in [6, 6.07) is 3.32. The monoisotopic (exact) mass is 216 g/mol. The Labute approximate surface area is 85.0 Å². The molecule has 0 aromatic heterocycles. The highest BCUT2D eigenvalue weighted by Gasteiger charge is 2.15. The van der Waals surface area contributed by atoms with Crippen LogP contribution >= 0.6 is 23.2 Å². The molecule has 1 aromatic carbocycles. The molecule has 0 aliphatic carbocycles. The molecule has 68 valence electrons. The Morgan fingerprint density at radius 3 is 2.46 bits per heavy atom. The highest BCUT2D eigenvalue weighted by Crippen LogP contribution is 2.33. The third-order valence-electron chi connectivity index (χ3n) is 1.77. The van der Waals surface area contributed by atoms with E-state index in [-0.39, 0.29) is 12.5 Å². The number of carbonyl (C=O) groups excluding carboxylic acids is 1. The van der Waals surface area contributed by atoms with Gasteiger partial charge in [0.2, 0.25) is 5.91 Å². The van der Waals surface area contributed by atoms with Gasteiger partial charge in [0.25, 0.3) is 0 Å². The summed E-state index contributed by atoms with van der Waals surface area (Å²) >= 11 is 11.6. The summed E-state index contributed by atoms with van der Waals surface area (Å²) in [6.45, 7) is 0.269. The molecule has 1 amide bonds. The first kappa shape index (κ1) is 8.66. The van der Waals surface area contributed by atoms with Gasteiger partial charge >= 0.3 is 0 Å². The summed E-state index contributed by atoms with van der Waals surface area (Å²) in [7, 11) is 0. The molecule has 0 radical (unpaired) electrons. The van der Waals surface area contributed by atoms with Crippen LogP contribution in [-0.2, 0) is 4.79 Å². The Morgan fingerprint density at radius 1 is 1.15 bits per heavy atom. The molecule has 3 nitrogen and oxygen atoms in total. The second-order valence-electron chi connectivity index (χ2n) is 2.71. The number of benzene rings is 1. The quantitative estimate of drug-likeness (QED) is 0.700. The maximum Gasteiger partial charge on any atom is 0.243 e. The van der Waals surface area contributed by atoms with E-state index in [1.165, 1.54) is 0 Å². The molecule has 2 rings (SSSR count). The maximum atomic E-state index is 11.0. The van der Waals surface area contributed by atoms with Crippen molar-refractivity contribution in [2.45, 2.75) is 0 Å². The van der Waals surface area contributed by atoms with Gasteiger partial charge in [0.1, 0.15) is 0 Å². The molecule has 0 atom stereocenters. The molecular weight excluding hydrogens is 211 g/mol. The molecule has 0 saturated carbocycles. The first-order valence-corrected chi connectivity index (χ1v) is 4.45. The topological polar surface area (TPSA) is 41.1 Å². The summed E-state index contributed by atoms with van der Waals surface area (Å²) < 4.78 is 0. The lowest BCUT2D eigenvalue weighted by Gasteiger charge is -2.19. The summed E-state index contributed by atoms with van der Waals surface area (Å²) in [6.07, 6.45) is 0. The van der Waals surface area contributed by atoms with Crippen LogP contribution in [0.15, 0.2) is 12.1 Å². The first-order chi connectivity index (χ1) is 6.16. The standard InChI is InChI=1S/C8H6Cl2N2O/c9-4-1-6-7(2-5(4)10)12-8(13)3-11-6/h1-2,11H,3H2,(H,12,13). The molecule has 13 heavy (non-hydrogen) atoms. The average Bonchev–Trinajstić information content (AvgIpc) is 2.08. The lowest BCUT2D eigenvalue weighted by molar-refractivity contribution is -0.114. The van der Waals surface area contributed by atoms with Gasteiger partial charge in [-0.25, -0.2) is 0 Å². The number of amides is 1. The third-order valence-corrected chi connectivity index (χ3v) is 2.50. The number of halogens is 2. The first-order valence-electron chi connectivity index (χ1n) is 3.69. The Bertz CT molecular complexity index is 379. The van der Waals surface area contributed by atoms with Crippen LogP contribution in [0.3, 0.4) is 0 Å². The molecular formula is C8H6Cl2N2O. The fourth-order valence-electron chi connectivity index (χ4n) is 1.17. The fourth-order valence-corrected chi connectivity index (χ4v) is 1.49. The van der Waals surface area contributed by atoms with Crippen LogP contribution in [0.2, 0.25) is 10.0 Å². The van der Waals surface area contributed by atoms with Gasteiger partial charge in [-0.15, -0.1) is 0 Å². The van der Waals surface area contributed by atoms with E-state index in [4.69, 9.17) is 23.2 Å². The summed E-state index contributed by atoms with van der Waals surface area (Å²) in [5.74, 6) is -0.0779. The van der Waals surface area contributed by atoms with Crippen molar-refractivity contribution >= 4 is 40.5 Å². The minimum atomic E-state index is -0.0779. The van der Waals surface area contributed by atoms with Crippen molar-refractivity contribution in [2.24, 2.45) is 0 Å². The molecule has 0 saturated heterocycles. The van der Waals surface area contributed by atoms with E-state index in [0.717, 1.165) is 5.69 Å². The molecule has 0 spiro atoms. The highest BCUT2D eigenvalue weighted by atomic mass is 35.5. The maximum absolute atomic E-state index is 11.0. The van der Waals surface area contributed by atoms with Crippen molar-refractivity contribution in [3.05, 3.63) is 22.2 Å². The van der Waals surface area contributed by atoms with Gasteiger partial charge in [-0.3, -0.25) is 4.79 Å². The van der Waals surface area contributed by atoms with Crippen LogP contribution in [0, 0.1) is 0 Å². The van der Waals surface area contributed by atoms with Gasteiger partial charge in [-0.2, -0.15) is 0 Å². The number of fused-ring (bicyclic) bond motifs is 1. The number of nitrogens with one attached hydrogen (secondary N) is 2. The Balaban J connectivity index is 2.49. The highest BCUT2D eigenvalue weighted by molar-refractivity contribution is 6.42. The van der Waals surface area contributed by atoms with Crippen molar-refractivity contribution in [2.75, 3.05) is 17.2 Å². The van der Waals surface area contributed by atoms with E-state index in [1.54, 1.807) is 12.1 Å². The lowest BCUT2D eigenvalue weighted by atomic mass is 10.2. The number of anilines is 2. The minimum Gasteiger partial charge on any atom is -0.374 e. The zero-order chi connectivity index (χ0) is 9.42. The van der Waals surface area contributed by atoms with E-state index < -0.39 is 0 Å². The normalized spacial score (nSPS) is 14.5. The van der Waals surface area contributed by atoms with Gasteiger partial charge in [0.15, 0.2) is 0 Å². The number of carbonyl (C=O) groups is 1. The summed E-state index contributed by atoms with van der Waals surface area (Å²) in [5, 5.41) is 6.52. The van der Waals surface area contributed by atoms with Crippen LogP contribution in [0.1, 0.15) is 0 Å². The molecule has 1 aliphatic heterocycles. The number of hydrogen-bond acceptors (Lipinski definition) is 2. The van der Waals surface area contributed by atoms with Gasteiger partial charge in [0.05, 0.1) is 28.0 Å².